The molecule has 0 aromatic heterocycles. The summed E-state index contributed by atoms with van der Waals surface area (Å²) >= 11 is 0. The minimum atomic E-state index is -0.809. The number of oxime groups is 1. The molecule has 6 nitrogen and oxygen atoms in total. The van der Waals surface area contributed by atoms with Gasteiger partial charge in [0, 0.05) is 13.5 Å². The van der Waals surface area contributed by atoms with Gasteiger partial charge in [0.1, 0.15) is 5.54 Å². The van der Waals surface area contributed by atoms with E-state index in [4.69, 9.17) is 4.84 Å². The molecule has 2 rings (SSSR count). The third-order valence-corrected chi connectivity index (χ3v) is 3.16. The highest BCUT2D eigenvalue weighted by Gasteiger charge is 2.53. The zero-order valence-corrected chi connectivity index (χ0v) is 9.85. The van der Waals surface area contributed by atoms with Crippen molar-refractivity contribution < 1.29 is 14.4 Å². The van der Waals surface area contributed by atoms with E-state index in [9.17, 15) is 9.59 Å². The molecule has 2 aliphatic heterocycles. The molecule has 0 radical (unpaired) electrons. The zero-order valence-electron chi connectivity index (χ0n) is 9.85. The first-order chi connectivity index (χ1) is 7.35. The summed E-state index contributed by atoms with van der Waals surface area (Å²) in [5.74, 6) is -0.241. The van der Waals surface area contributed by atoms with Crippen LogP contribution in [0.5, 0.6) is 0 Å². The maximum absolute atomic E-state index is 12.1. The van der Waals surface area contributed by atoms with Gasteiger partial charge >= 0.3 is 6.03 Å². The van der Waals surface area contributed by atoms with Gasteiger partial charge in [-0.1, -0.05) is 5.16 Å². The Balaban J connectivity index is 2.24. The van der Waals surface area contributed by atoms with Crippen molar-refractivity contribution in [1.29, 1.82) is 0 Å². The third kappa shape index (κ3) is 1.29. The Morgan fingerprint density at radius 2 is 2.06 bits per heavy atom. The second-order valence-corrected chi connectivity index (χ2v) is 4.67. The minimum absolute atomic E-state index is 0.241. The van der Waals surface area contributed by atoms with Crippen LogP contribution in [0.3, 0.4) is 0 Å². The molecule has 1 fully saturated rings. The molecule has 88 valence electrons. The van der Waals surface area contributed by atoms with Crippen molar-refractivity contribution in [1.82, 2.24) is 9.80 Å². The van der Waals surface area contributed by atoms with E-state index in [1.807, 2.05) is 0 Å². The molecule has 0 aromatic carbocycles. The monoisotopic (exact) mass is 225 g/mol. The second kappa shape index (κ2) is 3.20. The van der Waals surface area contributed by atoms with Crippen molar-refractivity contribution in [3.8, 4) is 0 Å². The van der Waals surface area contributed by atoms with Gasteiger partial charge in [0.05, 0.1) is 5.71 Å². The first-order valence-electron chi connectivity index (χ1n) is 5.16. The molecule has 16 heavy (non-hydrogen) atoms. The summed E-state index contributed by atoms with van der Waals surface area (Å²) in [6, 6.07) is -0.329. The van der Waals surface area contributed by atoms with E-state index in [-0.39, 0.29) is 11.9 Å². The molecule has 0 aliphatic carbocycles. The van der Waals surface area contributed by atoms with Crippen molar-refractivity contribution in [2.45, 2.75) is 39.0 Å². The lowest BCUT2D eigenvalue weighted by atomic mass is 10.0. The predicted molar refractivity (Wildman–Crippen MR) is 56.7 cm³/mol. The Morgan fingerprint density at radius 1 is 1.44 bits per heavy atom. The Bertz CT molecular complexity index is 389. The summed E-state index contributed by atoms with van der Waals surface area (Å²) in [6.07, 6.45) is -0.0919. The molecule has 2 aliphatic rings. The van der Waals surface area contributed by atoms with E-state index in [0.29, 0.717) is 6.42 Å². The molecule has 0 N–H and O–H groups in total. The number of nitrogens with zero attached hydrogens (tertiary/aromatic N) is 3. The van der Waals surface area contributed by atoms with E-state index in [0.717, 1.165) is 10.6 Å². The SMILES string of the molecule is CC1=NOC(N2C(=O)N(C)C(C)(C)C2=O)C1. The lowest BCUT2D eigenvalue weighted by molar-refractivity contribution is -0.139. The molecule has 0 spiro atoms. The molecule has 3 amide bonds. The van der Waals surface area contributed by atoms with Crippen molar-refractivity contribution >= 4 is 17.6 Å². The van der Waals surface area contributed by atoms with Crippen LogP contribution < -0.4 is 0 Å². The van der Waals surface area contributed by atoms with Crippen LogP contribution >= 0.6 is 0 Å². The van der Waals surface area contributed by atoms with Crippen LogP contribution in [0.25, 0.3) is 0 Å². The van der Waals surface area contributed by atoms with Crippen LogP contribution in [0.15, 0.2) is 5.16 Å². The van der Waals surface area contributed by atoms with Crippen LogP contribution in [-0.2, 0) is 9.63 Å². The van der Waals surface area contributed by atoms with Crippen molar-refractivity contribution in [3.05, 3.63) is 0 Å². The van der Waals surface area contributed by atoms with Crippen LogP contribution in [0.1, 0.15) is 27.2 Å². The lowest BCUT2D eigenvalue weighted by Gasteiger charge is -2.22. The summed E-state index contributed by atoms with van der Waals surface area (Å²) in [6.45, 7) is 5.24. The first kappa shape index (κ1) is 10.9. The summed E-state index contributed by atoms with van der Waals surface area (Å²) in [5.41, 5.74) is -0.0188. The van der Waals surface area contributed by atoms with Gasteiger partial charge in [-0.05, 0) is 20.8 Å². The van der Waals surface area contributed by atoms with Gasteiger partial charge < -0.3 is 9.74 Å². The molecule has 0 saturated carbocycles. The molecular weight excluding hydrogens is 210 g/mol. The van der Waals surface area contributed by atoms with Gasteiger partial charge in [0.2, 0.25) is 6.23 Å². The summed E-state index contributed by atoms with van der Waals surface area (Å²) in [4.78, 5) is 31.7. The number of hydrogen-bond acceptors (Lipinski definition) is 4. The standard InChI is InChI=1S/C10H15N3O3/c1-6-5-7(16-11-6)13-8(14)10(2,3)12(4)9(13)15/h7H,5H2,1-4H3. The maximum Gasteiger partial charge on any atom is 0.330 e. The topological polar surface area (TPSA) is 62.2 Å². The number of imide groups is 1. The Kier molecular flexibility index (Phi) is 2.18. The largest absolute Gasteiger partial charge is 0.370 e. The van der Waals surface area contributed by atoms with Crippen LogP contribution in [0, 0.1) is 0 Å². The first-order valence-corrected chi connectivity index (χ1v) is 5.16. The maximum atomic E-state index is 12.1. The Labute approximate surface area is 93.8 Å². The Hall–Kier alpha value is -1.59. The number of likely N-dealkylation sites (N-methyl/N-ethyl adjacent to an activating group) is 1. The second-order valence-electron chi connectivity index (χ2n) is 4.67. The molecule has 1 saturated heterocycles. The number of urea groups is 1. The number of hydrogen-bond donors (Lipinski definition) is 0. The molecule has 1 atom stereocenters. The highest BCUT2D eigenvalue weighted by molar-refractivity contribution is 6.07. The minimum Gasteiger partial charge on any atom is -0.370 e. The molecule has 1 unspecified atom stereocenters. The van der Waals surface area contributed by atoms with Crippen molar-refractivity contribution in [2.24, 2.45) is 5.16 Å². The van der Waals surface area contributed by atoms with E-state index in [1.165, 1.54) is 4.90 Å². The van der Waals surface area contributed by atoms with Crippen molar-refractivity contribution in [3.63, 3.8) is 0 Å². The number of rotatable bonds is 1. The highest BCUT2D eigenvalue weighted by atomic mass is 16.7. The highest BCUT2D eigenvalue weighted by Crippen LogP contribution is 2.30. The summed E-state index contributed by atoms with van der Waals surface area (Å²) < 4.78 is 0. The number of amides is 3. The van der Waals surface area contributed by atoms with Crippen LogP contribution in [0.2, 0.25) is 0 Å². The van der Waals surface area contributed by atoms with Gasteiger partial charge in [-0.25, -0.2) is 9.69 Å². The van der Waals surface area contributed by atoms with Gasteiger partial charge in [-0.3, -0.25) is 4.79 Å². The van der Waals surface area contributed by atoms with Gasteiger partial charge in [-0.15, -0.1) is 0 Å². The van der Waals surface area contributed by atoms with Crippen LogP contribution in [0.4, 0.5) is 4.79 Å². The average Bonchev–Trinajstić information content (AvgIpc) is 2.68. The lowest BCUT2D eigenvalue weighted by Crippen LogP contribution is -2.43. The van der Waals surface area contributed by atoms with Crippen LogP contribution in [-0.4, -0.2) is 46.3 Å². The fourth-order valence-corrected chi connectivity index (χ4v) is 1.80. The van der Waals surface area contributed by atoms with E-state index in [2.05, 4.69) is 5.16 Å². The fourth-order valence-electron chi connectivity index (χ4n) is 1.80. The summed E-state index contributed by atoms with van der Waals surface area (Å²) in [7, 11) is 1.61. The zero-order chi connectivity index (χ0) is 12.1. The number of carbonyl (C=O) groups excluding carboxylic acids is 2. The van der Waals surface area contributed by atoms with E-state index >= 15 is 0 Å². The molecular formula is C10H15N3O3. The fraction of sp³-hybridized carbons (Fsp3) is 0.700. The predicted octanol–water partition coefficient (Wildman–Crippen LogP) is 0.781. The van der Waals surface area contributed by atoms with Gasteiger partial charge in [-0.2, -0.15) is 0 Å². The molecule has 6 heteroatoms. The molecule has 0 bridgehead atoms. The Morgan fingerprint density at radius 3 is 2.44 bits per heavy atom. The van der Waals surface area contributed by atoms with E-state index < -0.39 is 11.8 Å². The normalized spacial score (nSPS) is 28.5. The average molecular weight is 225 g/mol. The molecule has 2 heterocycles. The van der Waals surface area contributed by atoms with E-state index in [1.54, 1.807) is 27.8 Å². The summed E-state index contributed by atoms with van der Waals surface area (Å²) in [5, 5.41) is 3.76. The quantitative estimate of drug-likeness (QED) is 0.619. The van der Waals surface area contributed by atoms with Crippen molar-refractivity contribution in [2.75, 3.05) is 7.05 Å². The van der Waals surface area contributed by atoms with Gasteiger partial charge in [0.15, 0.2) is 0 Å². The number of carbonyl (C=O) groups is 2. The molecule has 0 aromatic rings. The van der Waals surface area contributed by atoms with Gasteiger partial charge in [0.25, 0.3) is 5.91 Å². The third-order valence-electron chi connectivity index (χ3n) is 3.16. The smallest absolute Gasteiger partial charge is 0.330 e.